The number of benzene rings is 10. The van der Waals surface area contributed by atoms with E-state index < -0.39 is 0 Å². The Kier molecular flexibility index (Phi) is 8.44. The number of nitrogens with zero attached hydrogens (tertiary/aromatic N) is 6. The van der Waals surface area contributed by atoms with Crippen LogP contribution >= 0.6 is 0 Å². The van der Waals surface area contributed by atoms with Gasteiger partial charge in [0.1, 0.15) is 11.2 Å². The maximum absolute atomic E-state index is 7.13. The molecule has 15 aromatic rings. The van der Waals surface area contributed by atoms with Crippen LogP contribution in [0.5, 0.6) is 0 Å². The molecule has 5 heterocycles. The molecular formula is C64H40N6O. The van der Waals surface area contributed by atoms with Gasteiger partial charge in [-0.3, -0.25) is 0 Å². The predicted molar refractivity (Wildman–Crippen MR) is 291 cm³/mol. The fraction of sp³-hybridized carbons (Fsp3) is 0.0156. The molecule has 0 atom stereocenters. The molecule has 0 N–H and O–H groups in total. The summed E-state index contributed by atoms with van der Waals surface area (Å²) in [7, 11) is 0. The van der Waals surface area contributed by atoms with Crippen LogP contribution in [0.15, 0.2) is 229 Å². The van der Waals surface area contributed by atoms with E-state index >= 15 is 0 Å². The van der Waals surface area contributed by atoms with Crippen LogP contribution in [0.1, 0.15) is 5.56 Å². The lowest BCUT2D eigenvalue weighted by atomic mass is 10.0. The highest BCUT2D eigenvalue weighted by molar-refractivity contribution is 6.29. The Morgan fingerprint density at radius 2 is 0.831 bits per heavy atom. The molecule has 71 heavy (non-hydrogen) atoms. The standard InChI is InChI=1S/C64H40N6O/c1-39-37-49(64-66-62(40-21-5-2-6-22-40)65-63(67-64)41-23-7-3-8-24-41)61-57(47-31-15-20-36-55(47)71-61)58(39)70-53-35-19-14-30-46(53)56-59-48(45-29-13-16-32-50(45)68(59)42-25-9-4-10-26-42)38-54(60(56)70)69-51-33-17-11-27-43(51)44-28-12-18-34-52(44)69/h2-38H,1H3. The number of para-hydroxylation sites is 6. The molecule has 0 saturated carbocycles. The summed E-state index contributed by atoms with van der Waals surface area (Å²) in [5, 5.41) is 9.09. The van der Waals surface area contributed by atoms with Gasteiger partial charge in [0.2, 0.25) is 0 Å². The molecule has 332 valence electrons. The zero-order valence-electron chi connectivity index (χ0n) is 38.5. The average Bonchev–Trinajstić information content (AvgIpc) is 4.19. The van der Waals surface area contributed by atoms with E-state index in [0.29, 0.717) is 23.1 Å². The van der Waals surface area contributed by atoms with E-state index in [1.807, 2.05) is 66.7 Å². The summed E-state index contributed by atoms with van der Waals surface area (Å²) in [5.41, 5.74) is 15.1. The Balaban J connectivity index is 1.14. The molecule has 0 fully saturated rings. The largest absolute Gasteiger partial charge is 0.455 e. The molecular weight excluding hydrogens is 869 g/mol. The normalized spacial score (nSPS) is 12.0. The monoisotopic (exact) mass is 908 g/mol. The fourth-order valence-electron chi connectivity index (χ4n) is 11.4. The Bertz CT molecular complexity index is 4530. The van der Waals surface area contributed by atoms with Crippen molar-refractivity contribution in [2.24, 2.45) is 0 Å². The SMILES string of the molecule is Cc1cc(-c2nc(-c3ccccc3)nc(-c3ccccc3)n2)c2oc3ccccc3c2c1-n1c2ccccc2c2c1c(-n1c3ccccc3c3ccccc31)cc1c3ccccc3n(-c3ccccc3)c12. The number of fused-ring (bicyclic) bond motifs is 13. The number of hydrogen-bond acceptors (Lipinski definition) is 4. The van der Waals surface area contributed by atoms with Crippen molar-refractivity contribution in [3.8, 4) is 51.2 Å². The van der Waals surface area contributed by atoms with Gasteiger partial charge in [0, 0.05) is 54.5 Å². The van der Waals surface area contributed by atoms with Crippen molar-refractivity contribution < 1.29 is 4.42 Å². The molecule has 0 unspecified atom stereocenters. The summed E-state index contributed by atoms with van der Waals surface area (Å²) in [4.78, 5) is 15.6. The second kappa shape index (κ2) is 15.2. The first-order chi connectivity index (χ1) is 35.2. The fourth-order valence-corrected chi connectivity index (χ4v) is 11.4. The lowest BCUT2D eigenvalue weighted by molar-refractivity contribution is 0.669. The molecule has 0 aliphatic carbocycles. The van der Waals surface area contributed by atoms with Crippen molar-refractivity contribution in [1.82, 2.24) is 28.7 Å². The van der Waals surface area contributed by atoms with Gasteiger partial charge in [-0.1, -0.05) is 170 Å². The third-order valence-electron chi connectivity index (χ3n) is 14.4. The highest BCUT2D eigenvalue weighted by Gasteiger charge is 2.29. The van der Waals surface area contributed by atoms with Gasteiger partial charge in [-0.25, -0.2) is 15.0 Å². The van der Waals surface area contributed by atoms with Gasteiger partial charge in [-0.2, -0.15) is 0 Å². The third-order valence-corrected chi connectivity index (χ3v) is 14.4. The number of furan rings is 1. The molecule has 0 amide bonds. The number of hydrogen-bond donors (Lipinski definition) is 0. The number of aromatic nitrogens is 6. The lowest BCUT2D eigenvalue weighted by Crippen LogP contribution is -2.05. The predicted octanol–water partition coefficient (Wildman–Crippen LogP) is 16.4. The zero-order chi connectivity index (χ0) is 46.7. The van der Waals surface area contributed by atoms with E-state index in [2.05, 4.69) is 178 Å². The smallest absolute Gasteiger partial charge is 0.167 e. The maximum Gasteiger partial charge on any atom is 0.167 e. The maximum atomic E-state index is 7.13. The minimum absolute atomic E-state index is 0.540. The zero-order valence-corrected chi connectivity index (χ0v) is 38.5. The minimum Gasteiger partial charge on any atom is -0.455 e. The van der Waals surface area contributed by atoms with Crippen molar-refractivity contribution in [2.45, 2.75) is 6.92 Å². The van der Waals surface area contributed by atoms with Crippen molar-refractivity contribution >= 4 is 87.4 Å². The van der Waals surface area contributed by atoms with Gasteiger partial charge in [-0.15, -0.1) is 0 Å². The number of aryl methyl sites for hydroxylation is 1. The Labute approximate surface area is 406 Å². The summed E-state index contributed by atoms with van der Waals surface area (Å²) in [6.45, 7) is 2.22. The summed E-state index contributed by atoms with van der Waals surface area (Å²) in [6, 6.07) is 79.5. The Morgan fingerprint density at radius 3 is 1.44 bits per heavy atom. The summed E-state index contributed by atoms with van der Waals surface area (Å²) >= 11 is 0. The molecule has 5 aromatic heterocycles. The van der Waals surface area contributed by atoms with Crippen LogP contribution in [0, 0.1) is 6.92 Å². The summed E-state index contributed by atoms with van der Waals surface area (Å²) in [6.07, 6.45) is 0. The summed E-state index contributed by atoms with van der Waals surface area (Å²) < 4.78 is 14.6. The molecule has 0 aliphatic heterocycles. The molecule has 0 bridgehead atoms. The minimum atomic E-state index is 0.540. The van der Waals surface area contributed by atoms with Crippen LogP contribution in [-0.4, -0.2) is 28.7 Å². The summed E-state index contributed by atoms with van der Waals surface area (Å²) in [5.74, 6) is 1.73. The Hall–Kier alpha value is -9.59. The molecule has 15 rings (SSSR count). The average molecular weight is 909 g/mol. The van der Waals surface area contributed by atoms with Gasteiger partial charge < -0.3 is 18.1 Å². The topological polar surface area (TPSA) is 66.6 Å². The first kappa shape index (κ1) is 39.4. The van der Waals surface area contributed by atoms with Crippen molar-refractivity contribution in [3.63, 3.8) is 0 Å². The van der Waals surface area contributed by atoms with Crippen LogP contribution < -0.4 is 0 Å². The molecule has 0 spiro atoms. The van der Waals surface area contributed by atoms with Gasteiger partial charge in [0.25, 0.3) is 0 Å². The van der Waals surface area contributed by atoms with Crippen molar-refractivity contribution in [2.75, 3.05) is 0 Å². The molecule has 7 heteroatoms. The van der Waals surface area contributed by atoms with Crippen molar-refractivity contribution in [1.29, 1.82) is 0 Å². The number of rotatable bonds is 6. The van der Waals surface area contributed by atoms with Crippen molar-refractivity contribution in [3.05, 3.63) is 230 Å². The molecule has 7 nitrogen and oxygen atoms in total. The second-order valence-corrected chi connectivity index (χ2v) is 18.4. The van der Waals surface area contributed by atoms with Crippen LogP contribution in [0.2, 0.25) is 0 Å². The first-order valence-corrected chi connectivity index (χ1v) is 24.0. The first-order valence-electron chi connectivity index (χ1n) is 24.0. The van der Waals surface area contributed by atoms with Gasteiger partial charge in [0.15, 0.2) is 17.5 Å². The van der Waals surface area contributed by atoms with E-state index in [0.717, 1.165) is 99.5 Å². The second-order valence-electron chi connectivity index (χ2n) is 18.4. The Morgan fingerprint density at radius 1 is 0.366 bits per heavy atom. The van der Waals surface area contributed by atoms with Crippen LogP contribution in [0.3, 0.4) is 0 Å². The molecule has 0 saturated heterocycles. The quantitative estimate of drug-likeness (QED) is 0.167. The van der Waals surface area contributed by atoms with Crippen LogP contribution in [-0.2, 0) is 0 Å². The van der Waals surface area contributed by atoms with Crippen LogP contribution in [0.25, 0.3) is 139 Å². The van der Waals surface area contributed by atoms with E-state index in [-0.39, 0.29) is 0 Å². The van der Waals surface area contributed by atoms with Gasteiger partial charge in [-0.05, 0) is 67.1 Å². The highest BCUT2D eigenvalue weighted by atomic mass is 16.3. The van der Waals surface area contributed by atoms with E-state index in [9.17, 15) is 0 Å². The van der Waals surface area contributed by atoms with E-state index in [1.54, 1.807) is 0 Å². The van der Waals surface area contributed by atoms with Crippen LogP contribution in [0.4, 0.5) is 0 Å². The van der Waals surface area contributed by atoms with E-state index in [4.69, 9.17) is 19.4 Å². The molecule has 0 aliphatic rings. The highest BCUT2D eigenvalue weighted by Crippen LogP contribution is 2.49. The van der Waals surface area contributed by atoms with Gasteiger partial charge >= 0.3 is 0 Å². The molecule has 0 radical (unpaired) electrons. The van der Waals surface area contributed by atoms with Gasteiger partial charge in [0.05, 0.1) is 55.4 Å². The third kappa shape index (κ3) is 5.74. The van der Waals surface area contributed by atoms with E-state index in [1.165, 1.54) is 21.5 Å². The lowest BCUT2D eigenvalue weighted by Gasteiger charge is -2.19. The molecule has 10 aromatic carbocycles.